The second-order valence-corrected chi connectivity index (χ2v) is 4.11. The van der Waals surface area contributed by atoms with Crippen molar-refractivity contribution in [3.05, 3.63) is 0 Å². The van der Waals surface area contributed by atoms with Crippen molar-refractivity contribution in [1.29, 1.82) is 0 Å². The van der Waals surface area contributed by atoms with Gasteiger partial charge in [0.05, 0.1) is 18.8 Å². The average molecular weight is 233 g/mol. The Morgan fingerprint density at radius 2 is 1.94 bits per heavy atom. The van der Waals surface area contributed by atoms with Crippen LogP contribution in [-0.2, 0) is 4.79 Å². The van der Waals surface area contributed by atoms with Gasteiger partial charge in [0.15, 0.2) is 0 Å². The predicted octanol–water partition coefficient (Wildman–Crippen LogP) is -1.36. The monoisotopic (exact) mass is 233 g/mol. The van der Waals surface area contributed by atoms with Crippen molar-refractivity contribution in [3.63, 3.8) is 0 Å². The van der Waals surface area contributed by atoms with E-state index in [2.05, 4.69) is 0 Å². The van der Waals surface area contributed by atoms with Crippen LogP contribution in [0.15, 0.2) is 0 Å². The number of carboxylic acids is 1. The molecule has 16 heavy (non-hydrogen) atoms. The van der Waals surface area contributed by atoms with Crippen LogP contribution in [0, 0.1) is 0 Å². The van der Waals surface area contributed by atoms with Gasteiger partial charge in [0, 0.05) is 0 Å². The quantitative estimate of drug-likeness (QED) is 0.468. The molecular weight excluding hydrogens is 214 g/mol. The van der Waals surface area contributed by atoms with Crippen LogP contribution in [0.25, 0.3) is 0 Å². The van der Waals surface area contributed by atoms with Gasteiger partial charge >= 0.3 is 5.97 Å². The first kappa shape index (κ1) is 13.4. The number of rotatable bonds is 5. The van der Waals surface area contributed by atoms with E-state index >= 15 is 0 Å². The van der Waals surface area contributed by atoms with Crippen LogP contribution in [0.4, 0.5) is 0 Å². The highest BCUT2D eigenvalue weighted by Gasteiger charge is 2.50. The molecule has 1 aliphatic heterocycles. The van der Waals surface area contributed by atoms with E-state index in [1.54, 1.807) is 0 Å². The molecule has 1 saturated heterocycles. The Hall–Kier alpha value is -0.690. The zero-order chi connectivity index (χ0) is 12.3. The van der Waals surface area contributed by atoms with Gasteiger partial charge in [0.2, 0.25) is 0 Å². The van der Waals surface area contributed by atoms with Gasteiger partial charge < -0.3 is 20.4 Å². The normalized spacial score (nSPS) is 35.5. The molecule has 1 heterocycles. The van der Waals surface area contributed by atoms with Gasteiger partial charge in [-0.25, -0.2) is 0 Å². The van der Waals surface area contributed by atoms with Crippen LogP contribution in [-0.4, -0.2) is 68.7 Å². The van der Waals surface area contributed by atoms with Crippen molar-refractivity contribution in [3.8, 4) is 0 Å². The Balaban J connectivity index is 2.82. The molecule has 0 aromatic rings. The van der Waals surface area contributed by atoms with Gasteiger partial charge in [0.1, 0.15) is 12.1 Å². The summed E-state index contributed by atoms with van der Waals surface area (Å²) in [6.07, 6.45) is -0.901. The summed E-state index contributed by atoms with van der Waals surface area (Å²) in [5, 5.41) is 37.4. The second-order valence-electron chi connectivity index (χ2n) is 4.11. The summed E-state index contributed by atoms with van der Waals surface area (Å²) in [6.45, 7) is 2.06. The largest absolute Gasteiger partial charge is 0.480 e. The zero-order valence-electron chi connectivity index (χ0n) is 9.28. The lowest BCUT2D eigenvalue weighted by atomic mass is 10.1. The smallest absolute Gasteiger partial charge is 0.323 e. The van der Waals surface area contributed by atoms with Crippen molar-refractivity contribution in [1.82, 2.24) is 4.90 Å². The topological polar surface area (TPSA) is 101 Å². The second kappa shape index (κ2) is 5.58. The molecule has 0 aromatic heterocycles. The molecule has 0 bridgehead atoms. The van der Waals surface area contributed by atoms with Gasteiger partial charge in [0.25, 0.3) is 0 Å². The van der Waals surface area contributed by atoms with Crippen LogP contribution in [0.5, 0.6) is 0 Å². The summed E-state index contributed by atoms with van der Waals surface area (Å²) in [6, 6.07) is -1.82. The van der Waals surface area contributed by atoms with Crippen LogP contribution in [0.3, 0.4) is 0 Å². The van der Waals surface area contributed by atoms with Gasteiger partial charge in [-0.05, 0) is 13.0 Å². The zero-order valence-corrected chi connectivity index (χ0v) is 9.28. The number of hydrogen-bond donors (Lipinski definition) is 4. The van der Waals surface area contributed by atoms with Gasteiger partial charge in [-0.1, -0.05) is 13.3 Å². The highest BCUT2D eigenvalue weighted by molar-refractivity contribution is 5.75. The Morgan fingerprint density at radius 3 is 2.38 bits per heavy atom. The molecule has 1 aliphatic rings. The van der Waals surface area contributed by atoms with Crippen LogP contribution in [0.2, 0.25) is 0 Å². The third kappa shape index (κ3) is 2.35. The predicted molar refractivity (Wildman–Crippen MR) is 55.9 cm³/mol. The lowest BCUT2D eigenvalue weighted by Gasteiger charge is -2.26. The third-order valence-corrected chi connectivity index (χ3v) is 3.06. The maximum atomic E-state index is 11.0. The molecule has 1 rings (SSSR count). The number of hydrogen-bond acceptors (Lipinski definition) is 5. The molecule has 0 unspecified atom stereocenters. The fraction of sp³-hybridized carbons (Fsp3) is 0.900. The lowest BCUT2D eigenvalue weighted by Crippen LogP contribution is -2.45. The molecule has 6 nitrogen and oxygen atoms in total. The van der Waals surface area contributed by atoms with E-state index < -0.39 is 30.3 Å². The van der Waals surface area contributed by atoms with Gasteiger partial charge in [-0.3, -0.25) is 9.69 Å². The molecule has 4 N–H and O–H groups in total. The molecule has 0 aromatic carbocycles. The van der Waals surface area contributed by atoms with Crippen molar-refractivity contribution >= 4 is 5.97 Å². The molecule has 6 heteroatoms. The van der Waals surface area contributed by atoms with Crippen molar-refractivity contribution in [2.45, 2.75) is 44.1 Å². The van der Waals surface area contributed by atoms with Crippen molar-refractivity contribution in [2.75, 3.05) is 13.2 Å². The fourth-order valence-corrected chi connectivity index (χ4v) is 2.16. The SMILES string of the molecule is CCCCN1[C@@H](CO)[C@H](O)[C@@H](O)[C@@H]1C(=O)O. The number of aliphatic carboxylic acids is 1. The molecule has 1 fully saturated rings. The van der Waals surface area contributed by atoms with E-state index in [0.29, 0.717) is 6.54 Å². The number of unbranched alkanes of at least 4 members (excludes halogenated alkanes) is 1. The summed E-state index contributed by atoms with van der Waals surface area (Å²) in [5.74, 6) is -1.17. The molecule has 0 radical (unpaired) electrons. The highest BCUT2D eigenvalue weighted by atomic mass is 16.4. The number of aliphatic hydroxyl groups excluding tert-OH is 3. The Bertz CT molecular complexity index is 247. The van der Waals surface area contributed by atoms with Crippen LogP contribution in [0.1, 0.15) is 19.8 Å². The molecule has 0 spiro atoms. The van der Waals surface area contributed by atoms with E-state index in [9.17, 15) is 15.0 Å². The van der Waals surface area contributed by atoms with E-state index in [0.717, 1.165) is 12.8 Å². The Kier molecular flexibility index (Phi) is 4.67. The molecule has 0 amide bonds. The van der Waals surface area contributed by atoms with Gasteiger partial charge in [-0.15, -0.1) is 0 Å². The minimum atomic E-state index is -1.34. The number of likely N-dealkylation sites (tertiary alicyclic amines) is 1. The molecule has 0 saturated carbocycles. The number of carboxylic acid groups (broad SMARTS) is 1. The number of aliphatic hydroxyl groups is 3. The van der Waals surface area contributed by atoms with Crippen LogP contribution < -0.4 is 0 Å². The molecule has 0 aliphatic carbocycles. The molecule has 4 atom stereocenters. The van der Waals surface area contributed by atoms with E-state index in [1.165, 1.54) is 4.90 Å². The van der Waals surface area contributed by atoms with E-state index in [1.807, 2.05) is 6.92 Å². The summed E-state index contributed by atoms with van der Waals surface area (Å²) < 4.78 is 0. The lowest BCUT2D eigenvalue weighted by molar-refractivity contribution is -0.146. The molecule has 94 valence electrons. The Morgan fingerprint density at radius 1 is 1.31 bits per heavy atom. The Labute approximate surface area is 94.1 Å². The minimum absolute atomic E-state index is 0.355. The first-order valence-corrected chi connectivity index (χ1v) is 5.50. The van der Waals surface area contributed by atoms with E-state index in [4.69, 9.17) is 10.2 Å². The first-order chi connectivity index (χ1) is 7.54. The summed E-state index contributed by atoms with van der Waals surface area (Å²) >= 11 is 0. The third-order valence-electron chi connectivity index (χ3n) is 3.06. The number of carbonyl (C=O) groups is 1. The average Bonchev–Trinajstić information content (AvgIpc) is 2.48. The van der Waals surface area contributed by atoms with Crippen LogP contribution >= 0.6 is 0 Å². The summed E-state index contributed by atoms with van der Waals surface area (Å²) in [4.78, 5) is 12.5. The highest BCUT2D eigenvalue weighted by Crippen LogP contribution is 2.25. The standard InChI is InChI=1S/C10H19NO5/c1-2-3-4-11-6(5-12)8(13)9(14)7(11)10(15)16/h6-9,12-14H,2-5H2,1H3,(H,15,16)/t6-,7+,8-,9-/m0/s1. The van der Waals surface area contributed by atoms with Gasteiger partial charge in [-0.2, -0.15) is 0 Å². The van der Waals surface area contributed by atoms with Crippen molar-refractivity contribution < 1.29 is 25.2 Å². The maximum Gasteiger partial charge on any atom is 0.323 e. The molecular formula is C10H19NO5. The number of nitrogens with zero attached hydrogens (tertiary/aromatic N) is 1. The first-order valence-electron chi connectivity index (χ1n) is 5.50. The van der Waals surface area contributed by atoms with Crippen molar-refractivity contribution in [2.24, 2.45) is 0 Å². The maximum absolute atomic E-state index is 11.0. The fourth-order valence-electron chi connectivity index (χ4n) is 2.16. The van der Waals surface area contributed by atoms with E-state index in [-0.39, 0.29) is 6.61 Å². The minimum Gasteiger partial charge on any atom is -0.480 e. The summed E-state index contributed by atoms with van der Waals surface area (Å²) in [5.41, 5.74) is 0. The summed E-state index contributed by atoms with van der Waals surface area (Å²) in [7, 11) is 0.